The van der Waals surface area contributed by atoms with E-state index in [0.717, 1.165) is 0 Å². The van der Waals surface area contributed by atoms with Gasteiger partial charge in [0.2, 0.25) is 0 Å². The highest BCUT2D eigenvalue weighted by atomic mass is 32.2. The maximum Gasteiger partial charge on any atom is 0.279 e. The van der Waals surface area contributed by atoms with Gasteiger partial charge in [0.15, 0.2) is 0 Å². The van der Waals surface area contributed by atoms with Crippen LogP contribution < -0.4 is 10.5 Å². The molecule has 2 unspecified atom stereocenters. The van der Waals surface area contributed by atoms with Crippen molar-refractivity contribution in [3.8, 4) is 0 Å². The van der Waals surface area contributed by atoms with E-state index in [2.05, 4.69) is 9.82 Å². The Hall–Kier alpha value is -1.16. The number of nitrogens with two attached hydrogens (primary N) is 1. The van der Waals surface area contributed by atoms with Gasteiger partial charge in [0.05, 0.1) is 18.4 Å². The van der Waals surface area contributed by atoms with Crippen molar-refractivity contribution in [1.82, 2.24) is 18.8 Å². The van der Waals surface area contributed by atoms with Gasteiger partial charge in [0.25, 0.3) is 10.2 Å². The first-order valence-electron chi connectivity index (χ1n) is 6.46. The van der Waals surface area contributed by atoms with Crippen LogP contribution in [0.25, 0.3) is 0 Å². The molecular formula is C11H21N5O3S. The van der Waals surface area contributed by atoms with E-state index < -0.39 is 10.2 Å². The Labute approximate surface area is 119 Å². The zero-order valence-corrected chi connectivity index (χ0v) is 12.7. The summed E-state index contributed by atoms with van der Waals surface area (Å²) < 4.78 is 35.5. The van der Waals surface area contributed by atoms with Crippen molar-refractivity contribution in [3.05, 3.63) is 11.8 Å². The first-order chi connectivity index (χ1) is 9.29. The molecule has 20 heavy (non-hydrogen) atoms. The highest BCUT2D eigenvalue weighted by molar-refractivity contribution is 7.87. The fourth-order valence-corrected chi connectivity index (χ4v) is 3.55. The van der Waals surface area contributed by atoms with E-state index in [1.165, 1.54) is 8.99 Å². The molecule has 1 fully saturated rings. The number of hydrogen-bond donors (Lipinski definition) is 2. The normalized spacial score (nSPS) is 24.9. The molecular weight excluding hydrogens is 282 g/mol. The molecule has 2 heterocycles. The molecule has 3 N–H and O–H groups in total. The molecule has 2 rings (SSSR count). The molecule has 0 radical (unpaired) electrons. The van der Waals surface area contributed by atoms with Crippen LogP contribution in [0.15, 0.2) is 6.20 Å². The molecule has 0 amide bonds. The molecule has 1 aliphatic rings. The number of aryl methyl sites for hydroxylation is 1. The highest BCUT2D eigenvalue weighted by Crippen LogP contribution is 2.15. The molecule has 0 spiro atoms. The van der Waals surface area contributed by atoms with Gasteiger partial charge in [-0.2, -0.15) is 22.5 Å². The van der Waals surface area contributed by atoms with Crippen LogP contribution in [0, 0.1) is 0 Å². The Morgan fingerprint density at radius 3 is 2.55 bits per heavy atom. The minimum Gasteiger partial charge on any atom is -0.384 e. The minimum atomic E-state index is -3.54. The van der Waals surface area contributed by atoms with E-state index in [0.29, 0.717) is 24.5 Å². The molecule has 114 valence electrons. The Kier molecular flexibility index (Phi) is 4.33. The summed E-state index contributed by atoms with van der Waals surface area (Å²) in [4.78, 5) is 0. The largest absolute Gasteiger partial charge is 0.384 e. The fraction of sp³-hybridized carbons (Fsp3) is 0.727. The molecule has 8 nitrogen and oxygen atoms in total. The predicted octanol–water partition coefficient (Wildman–Crippen LogP) is -0.554. The number of nitrogens with zero attached hydrogens (tertiary/aromatic N) is 3. The second kappa shape index (κ2) is 5.68. The summed E-state index contributed by atoms with van der Waals surface area (Å²) in [5.41, 5.74) is 6.44. The number of hydrogen-bond acceptors (Lipinski definition) is 5. The lowest BCUT2D eigenvalue weighted by Crippen LogP contribution is -2.51. The second-order valence-electron chi connectivity index (χ2n) is 5.08. The van der Waals surface area contributed by atoms with E-state index >= 15 is 0 Å². The standard InChI is InChI=1S/C11H21N5O3S/c1-8-6-16(7-9(2)19-8)20(17,18)14-5-10-4-13-15(3)11(10)12/h4,8-9,14H,5-7,12H2,1-3H3. The van der Waals surface area contributed by atoms with Gasteiger partial charge in [-0.1, -0.05) is 0 Å². The lowest BCUT2D eigenvalue weighted by atomic mass is 10.3. The van der Waals surface area contributed by atoms with Crippen LogP contribution in [0.3, 0.4) is 0 Å². The van der Waals surface area contributed by atoms with Crippen molar-refractivity contribution in [1.29, 1.82) is 0 Å². The molecule has 0 saturated carbocycles. The zero-order valence-electron chi connectivity index (χ0n) is 11.9. The number of rotatable bonds is 4. The third-order valence-corrected chi connectivity index (χ3v) is 4.72. The van der Waals surface area contributed by atoms with Crippen LogP contribution in [0.5, 0.6) is 0 Å². The molecule has 2 atom stereocenters. The van der Waals surface area contributed by atoms with Gasteiger partial charge in [-0.25, -0.2) is 0 Å². The average molecular weight is 303 g/mol. The SMILES string of the molecule is CC1CN(S(=O)(=O)NCc2cnn(C)c2N)CC(C)O1. The Bertz CT molecular complexity index is 561. The average Bonchev–Trinajstić information content (AvgIpc) is 2.66. The summed E-state index contributed by atoms with van der Waals surface area (Å²) in [6.07, 6.45) is 1.33. The fourth-order valence-electron chi connectivity index (χ4n) is 2.22. The lowest BCUT2D eigenvalue weighted by molar-refractivity contribution is -0.0444. The van der Waals surface area contributed by atoms with Crippen molar-refractivity contribution in [2.45, 2.75) is 32.6 Å². The molecule has 1 aliphatic heterocycles. The molecule has 1 aromatic rings. The molecule has 1 saturated heterocycles. The molecule has 0 bridgehead atoms. The van der Waals surface area contributed by atoms with Gasteiger partial charge >= 0.3 is 0 Å². The maximum absolute atomic E-state index is 12.3. The van der Waals surface area contributed by atoms with E-state index in [1.807, 2.05) is 13.8 Å². The van der Waals surface area contributed by atoms with Crippen LogP contribution in [0.2, 0.25) is 0 Å². The summed E-state index contributed by atoms with van der Waals surface area (Å²) in [5.74, 6) is 0.455. The van der Waals surface area contributed by atoms with E-state index in [1.54, 1.807) is 13.2 Å². The van der Waals surface area contributed by atoms with Crippen molar-refractivity contribution < 1.29 is 13.2 Å². The van der Waals surface area contributed by atoms with Crippen LogP contribution in [-0.4, -0.2) is 47.8 Å². The van der Waals surface area contributed by atoms with Gasteiger partial charge in [-0.15, -0.1) is 0 Å². The van der Waals surface area contributed by atoms with Gasteiger partial charge in [0.1, 0.15) is 5.82 Å². The van der Waals surface area contributed by atoms with Crippen LogP contribution in [0.4, 0.5) is 5.82 Å². The number of aromatic nitrogens is 2. The molecule has 0 aromatic carbocycles. The minimum absolute atomic E-state index is 0.112. The van der Waals surface area contributed by atoms with Crippen molar-refractivity contribution in [3.63, 3.8) is 0 Å². The number of morpholine rings is 1. The topological polar surface area (TPSA) is 102 Å². The predicted molar refractivity (Wildman–Crippen MR) is 75.0 cm³/mol. The van der Waals surface area contributed by atoms with Crippen LogP contribution in [0.1, 0.15) is 19.4 Å². The molecule has 1 aromatic heterocycles. The first kappa shape index (κ1) is 15.2. The smallest absolute Gasteiger partial charge is 0.279 e. The monoisotopic (exact) mass is 303 g/mol. The second-order valence-corrected chi connectivity index (χ2v) is 6.83. The Morgan fingerprint density at radius 1 is 1.45 bits per heavy atom. The van der Waals surface area contributed by atoms with Crippen molar-refractivity contribution in [2.24, 2.45) is 7.05 Å². The van der Waals surface area contributed by atoms with Crippen LogP contribution in [-0.2, 0) is 28.5 Å². The van der Waals surface area contributed by atoms with Gasteiger partial charge in [-0.3, -0.25) is 4.68 Å². The summed E-state index contributed by atoms with van der Waals surface area (Å²) in [6, 6.07) is 0. The molecule has 0 aliphatic carbocycles. The highest BCUT2D eigenvalue weighted by Gasteiger charge is 2.30. The van der Waals surface area contributed by atoms with E-state index in [4.69, 9.17) is 10.5 Å². The maximum atomic E-state index is 12.3. The number of nitrogens with one attached hydrogen (secondary N) is 1. The summed E-state index contributed by atoms with van der Waals surface area (Å²) in [7, 11) is -1.84. The van der Waals surface area contributed by atoms with E-state index in [9.17, 15) is 8.42 Å². The van der Waals surface area contributed by atoms with Crippen LogP contribution >= 0.6 is 0 Å². The van der Waals surface area contributed by atoms with Gasteiger partial charge in [0, 0.05) is 32.2 Å². The number of nitrogen functional groups attached to an aromatic ring is 1. The summed E-state index contributed by atoms with van der Waals surface area (Å²) in [5, 5.41) is 3.98. The lowest BCUT2D eigenvalue weighted by Gasteiger charge is -2.34. The van der Waals surface area contributed by atoms with Crippen molar-refractivity contribution >= 4 is 16.0 Å². The summed E-state index contributed by atoms with van der Waals surface area (Å²) >= 11 is 0. The Morgan fingerprint density at radius 2 is 2.05 bits per heavy atom. The molecule has 9 heteroatoms. The Balaban J connectivity index is 2.02. The third-order valence-electron chi connectivity index (χ3n) is 3.24. The third kappa shape index (κ3) is 3.29. The zero-order chi connectivity index (χ0) is 14.9. The van der Waals surface area contributed by atoms with Gasteiger partial charge < -0.3 is 10.5 Å². The summed E-state index contributed by atoms with van der Waals surface area (Å²) in [6.45, 7) is 4.54. The van der Waals surface area contributed by atoms with E-state index in [-0.39, 0.29) is 18.8 Å². The van der Waals surface area contributed by atoms with Gasteiger partial charge in [-0.05, 0) is 13.8 Å². The number of anilines is 1. The number of ether oxygens (including phenoxy) is 1. The quantitative estimate of drug-likeness (QED) is 0.776. The van der Waals surface area contributed by atoms with Crippen molar-refractivity contribution in [2.75, 3.05) is 18.8 Å². The first-order valence-corrected chi connectivity index (χ1v) is 7.90.